The number of carbonyl (C=O) groups excluding carboxylic acids is 1. The van der Waals surface area contributed by atoms with Crippen LogP contribution < -0.4 is 11.0 Å². The summed E-state index contributed by atoms with van der Waals surface area (Å²) >= 11 is 1.20. The fourth-order valence-electron chi connectivity index (χ4n) is 3.83. The van der Waals surface area contributed by atoms with Crippen molar-refractivity contribution < 1.29 is 4.79 Å². The van der Waals surface area contributed by atoms with Crippen LogP contribution in [0, 0.1) is 6.92 Å². The summed E-state index contributed by atoms with van der Waals surface area (Å²) in [4.78, 5) is 30.5. The number of hydrazone groups is 1. The number of benzene rings is 4. The van der Waals surface area contributed by atoms with Gasteiger partial charge in [0, 0.05) is 5.56 Å². The number of amides is 1. The van der Waals surface area contributed by atoms with E-state index in [1.807, 2.05) is 85.8 Å². The largest absolute Gasteiger partial charge is 0.272 e. The Bertz CT molecular complexity index is 1620. The van der Waals surface area contributed by atoms with Crippen molar-refractivity contribution in [2.75, 3.05) is 5.75 Å². The fourth-order valence-corrected chi connectivity index (χ4v) is 4.63. The molecule has 7 heteroatoms. The highest BCUT2D eigenvalue weighted by Crippen LogP contribution is 2.22. The third-order valence-electron chi connectivity index (χ3n) is 5.59. The molecule has 1 heterocycles. The van der Waals surface area contributed by atoms with Crippen molar-refractivity contribution in [3.63, 3.8) is 0 Å². The summed E-state index contributed by atoms with van der Waals surface area (Å²) in [7, 11) is 0. The van der Waals surface area contributed by atoms with Crippen molar-refractivity contribution >= 4 is 45.6 Å². The van der Waals surface area contributed by atoms with E-state index in [1.54, 1.807) is 22.9 Å². The standard InChI is InChI=1S/C28H22N4O2S/c1-19-13-15-22(16-14-19)32-27(34)24-11-4-5-12-25(24)30-28(32)35-18-26(33)31-29-17-21-9-6-8-20-7-2-3-10-23(20)21/h2-17H,18H2,1H3,(H,31,33). The van der Waals surface area contributed by atoms with Gasteiger partial charge in [0.05, 0.1) is 28.6 Å². The van der Waals surface area contributed by atoms with Gasteiger partial charge >= 0.3 is 0 Å². The first-order valence-electron chi connectivity index (χ1n) is 11.1. The number of aryl methyl sites for hydroxylation is 1. The number of fused-ring (bicyclic) bond motifs is 2. The molecule has 0 atom stereocenters. The minimum Gasteiger partial charge on any atom is -0.272 e. The van der Waals surface area contributed by atoms with Gasteiger partial charge in [-0.05, 0) is 42.0 Å². The number of carbonyl (C=O) groups is 1. The van der Waals surface area contributed by atoms with E-state index in [4.69, 9.17) is 0 Å². The SMILES string of the molecule is Cc1ccc(-n2c(SCC(=O)NN=Cc3cccc4ccccc34)nc3ccccc3c2=O)cc1. The topological polar surface area (TPSA) is 76.3 Å². The number of aromatic nitrogens is 2. The minimum atomic E-state index is -0.288. The summed E-state index contributed by atoms with van der Waals surface area (Å²) in [6.07, 6.45) is 1.64. The van der Waals surface area contributed by atoms with E-state index in [2.05, 4.69) is 15.5 Å². The number of para-hydroxylation sites is 1. The van der Waals surface area contributed by atoms with Crippen LogP contribution in [0.5, 0.6) is 0 Å². The monoisotopic (exact) mass is 478 g/mol. The lowest BCUT2D eigenvalue weighted by atomic mass is 10.1. The molecule has 0 spiro atoms. The van der Waals surface area contributed by atoms with Gasteiger partial charge in [-0.15, -0.1) is 0 Å². The van der Waals surface area contributed by atoms with Crippen LogP contribution in [-0.4, -0.2) is 27.4 Å². The van der Waals surface area contributed by atoms with Gasteiger partial charge in [0.25, 0.3) is 11.5 Å². The second kappa shape index (κ2) is 9.95. The Kier molecular flexibility index (Phi) is 6.41. The van der Waals surface area contributed by atoms with Crippen molar-refractivity contribution in [2.45, 2.75) is 12.1 Å². The summed E-state index contributed by atoms with van der Waals surface area (Å²) in [5, 5.41) is 7.28. The molecule has 35 heavy (non-hydrogen) atoms. The number of thioether (sulfide) groups is 1. The molecule has 1 N–H and O–H groups in total. The molecule has 1 aromatic heterocycles. The molecule has 0 radical (unpaired) electrons. The number of hydrogen-bond acceptors (Lipinski definition) is 5. The Balaban J connectivity index is 1.37. The molecule has 0 saturated carbocycles. The summed E-state index contributed by atoms with van der Waals surface area (Å²) in [6.45, 7) is 1.99. The molecule has 0 bridgehead atoms. The maximum absolute atomic E-state index is 13.3. The Morgan fingerprint density at radius 2 is 1.66 bits per heavy atom. The average molecular weight is 479 g/mol. The van der Waals surface area contributed by atoms with Crippen LogP contribution in [0.4, 0.5) is 0 Å². The average Bonchev–Trinajstić information content (AvgIpc) is 2.88. The number of nitrogens with one attached hydrogen (secondary N) is 1. The van der Waals surface area contributed by atoms with Crippen molar-refractivity contribution in [1.29, 1.82) is 0 Å². The normalized spacial score (nSPS) is 11.3. The first-order chi connectivity index (χ1) is 17.1. The summed E-state index contributed by atoms with van der Waals surface area (Å²) in [5.41, 5.74) is 5.72. The van der Waals surface area contributed by atoms with Gasteiger partial charge in [-0.1, -0.05) is 84.1 Å². The van der Waals surface area contributed by atoms with Gasteiger partial charge in [0.1, 0.15) is 0 Å². The fraction of sp³-hybridized carbons (Fsp3) is 0.0714. The minimum absolute atomic E-state index is 0.0590. The predicted molar refractivity (Wildman–Crippen MR) is 142 cm³/mol. The van der Waals surface area contributed by atoms with Gasteiger partial charge in [0.15, 0.2) is 5.16 Å². The third kappa shape index (κ3) is 4.85. The highest BCUT2D eigenvalue weighted by atomic mass is 32.2. The van der Waals surface area contributed by atoms with Crippen LogP contribution in [0.2, 0.25) is 0 Å². The van der Waals surface area contributed by atoms with Gasteiger partial charge in [-0.2, -0.15) is 5.10 Å². The summed E-state index contributed by atoms with van der Waals surface area (Å²) < 4.78 is 1.55. The lowest BCUT2D eigenvalue weighted by Gasteiger charge is -2.13. The molecule has 1 amide bonds. The smallest absolute Gasteiger partial charge is 0.266 e. The second-order valence-electron chi connectivity index (χ2n) is 8.04. The van der Waals surface area contributed by atoms with E-state index >= 15 is 0 Å². The maximum atomic E-state index is 13.3. The van der Waals surface area contributed by atoms with E-state index in [-0.39, 0.29) is 17.2 Å². The van der Waals surface area contributed by atoms with Crippen LogP contribution in [0.1, 0.15) is 11.1 Å². The van der Waals surface area contributed by atoms with E-state index in [0.29, 0.717) is 21.7 Å². The zero-order chi connectivity index (χ0) is 24.2. The zero-order valence-corrected chi connectivity index (χ0v) is 19.8. The van der Waals surface area contributed by atoms with Gasteiger partial charge in [0.2, 0.25) is 0 Å². The molecule has 5 rings (SSSR count). The number of rotatable bonds is 6. The highest BCUT2D eigenvalue weighted by molar-refractivity contribution is 7.99. The molecule has 0 unspecified atom stereocenters. The first kappa shape index (κ1) is 22.6. The van der Waals surface area contributed by atoms with Crippen molar-refractivity contribution in [1.82, 2.24) is 15.0 Å². The lowest BCUT2D eigenvalue weighted by Crippen LogP contribution is -2.24. The van der Waals surface area contributed by atoms with Crippen LogP contribution in [0.15, 0.2) is 106 Å². The molecule has 4 aromatic carbocycles. The van der Waals surface area contributed by atoms with Gasteiger partial charge in [-0.3, -0.25) is 14.2 Å². The Hall–Kier alpha value is -4.23. The molecule has 0 aliphatic heterocycles. The third-order valence-corrected chi connectivity index (χ3v) is 6.52. The molecule has 0 aliphatic rings. The van der Waals surface area contributed by atoms with E-state index in [1.165, 1.54) is 11.8 Å². The molecule has 0 fully saturated rings. The second-order valence-corrected chi connectivity index (χ2v) is 8.98. The summed E-state index contributed by atoms with van der Waals surface area (Å²) in [5.74, 6) is -0.229. The molecule has 0 aliphatic carbocycles. The van der Waals surface area contributed by atoms with Crippen molar-refractivity contribution in [3.8, 4) is 5.69 Å². The molecular weight excluding hydrogens is 456 g/mol. The quantitative estimate of drug-likeness (QED) is 0.160. The Morgan fingerprint density at radius 3 is 2.49 bits per heavy atom. The van der Waals surface area contributed by atoms with E-state index < -0.39 is 0 Å². The summed E-state index contributed by atoms with van der Waals surface area (Å²) in [6, 6.07) is 28.8. The lowest BCUT2D eigenvalue weighted by molar-refractivity contribution is -0.118. The van der Waals surface area contributed by atoms with Crippen molar-refractivity contribution in [2.24, 2.45) is 5.10 Å². The Morgan fingerprint density at radius 1 is 0.943 bits per heavy atom. The molecule has 5 aromatic rings. The predicted octanol–water partition coefficient (Wildman–Crippen LogP) is 5.09. The number of nitrogens with zero attached hydrogens (tertiary/aromatic N) is 3. The van der Waals surface area contributed by atoms with Crippen LogP contribution in [0.25, 0.3) is 27.4 Å². The Labute approximate surface area is 206 Å². The molecule has 6 nitrogen and oxygen atoms in total. The number of hydrogen-bond donors (Lipinski definition) is 1. The first-order valence-corrected chi connectivity index (χ1v) is 12.1. The van der Waals surface area contributed by atoms with Crippen LogP contribution >= 0.6 is 11.8 Å². The van der Waals surface area contributed by atoms with Crippen LogP contribution in [-0.2, 0) is 4.79 Å². The van der Waals surface area contributed by atoms with Crippen LogP contribution in [0.3, 0.4) is 0 Å². The van der Waals surface area contributed by atoms with Gasteiger partial charge < -0.3 is 0 Å². The molecular formula is C28H22N4O2S. The maximum Gasteiger partial charge on any atom is 0.266 e. The van der Waals surface area contributed by atoms with E-state index in [0.717, 1.165) is 21.9 Å². The zero-order valence-electron chi connectivity index (χ0n) is 19.0. The molecule has 0 saturated heterocycles. The van der Waals surface area contributed by atoms with E-state index in [9.17, 15) is 9.59 Å². The molecule has 172 valence electrons. The van der Waals surface area contributed by atoms with Gasteiger partial charge in [-0.25, -0.2) is 10.4 Å². The highest BCUT2D eigenvalue weighted by Gasteiger charge is 2.14. The van der Waals surface area contributed by atoms with Crippen molar-refractivity contribution in [3.05, 3.63) is 112 Å².